The van der Waals surface area contributed by atoms with Gasteiger partial charge in [-0.2, -0.15) is 5.10 Å². The molecule has 4 heteroatoms. The van der Waals surface area contributed by atoms with Crippen LogP contribution in [0.25, 0.3) is 0 Å². The summed E-state index contributed by atoms with van der Waals surface area (Å²) in [6, 6.07) is 1.99. The van der Waals surface area contributed by atoms with Crippen LogP contribution in [0.5, 0.6) is 0 Å². The van der Waals surface area contributed by atoms with Crippen LogP contribution in [0.4, 0.5) is 0 Å². The zero-order chi connectivity index (χ0) is 9.68. The zero-order valence-electron chi connectivity index (χ0n) is 7.91. The molecule has 1 atom stereocenters. The summed E-state index contributed by atoms with van der Waals surface area (Å²) in [4.78, 5) is 0. The van der Waals surface area contributed by atoms with Crippen molar-refractivity contribution < 1.29 is 0 Å². The van der Waals surface area contributed by atoms with Gasteiger partial charge >= 0.3 is 0 Å². The Morgan fingerprint density at radius 1 is 1.77 bits per heavy atom. The lowest BCUT2D eigenvalue weighted by Gasteiger charge is -2.12. The van der Waals surface area contributed by atoms with Crippen LogP contribution in [-0.4, -0.2) is 9.78 Å². The molecular formula is C9H14N4. The molecule has 0 aliphatic heterocycles. The standard InChI is InChI=1S/C9H14N4/c1-3-4-5-8(12-10)9-6-7-11-13(9)2/h6-8,12H,5,10H2,1-2H3. The SMILES string of the molecule is CC#CCC(NN)c1ccnn1C. The van der Waals surface area contributed by atoms with E-state index >= 15 is 0 Å². The first-order chi connectivity index (χ1) is 6.29. The second kappa shape index (κ2) is 4.65. The van der Waals surface area contributed by atoms with E-state index in [1.54, 1.807) is 10.9 Å². The molecule has 0 spiro atoms. The third-order valence-corrected chi connectivity index (χ3v) is 1.90. The lowest BCUT2D eigenvalue weighted by Crippen LogP contribution is -2.29. The van der Waals surface area contributed by atoms with Crippen molar-refractivity contribution in [1.82, 2.24) is 15.2 Å². The van der Waals surface area contributed by atoms with Gasteiger partial charge in [0, 0.05) is 19.7 Å². The molecule has 0 bridgehead atoms. The minimum Gasteiger partial charge on any atom is -0.271 e. The molecule has 1 aromatic rings. The van der Waals surface area contributed by atoms with Crippen molar-refractivity contribution in [3.05, 3.63) is 18.0 Å². The van der Waals surface area contributed by atoms with Gasteiger partial charge in [0.25, 0.3) is 0 Å². The number of hydrogen-bond donors (Lipinski definition) is 2. The molecule has 4 nitrogen and oxygen atoms in total. The molecule has 0 radical (unpaired) electrons. The van der Waals surface area contributed by atoms with Crippen LogP contribution in [0, 0.1) is 11.8 Å². The second-order valence-electron chi connectivity index (χ2n) is 2.73. The highest BCUT2D eigenvalue weighted by molar-refractivity contribution is 5.10. The first-order valence-corrected chi connectivity index (χ1v) is 4.13. The molecule has 70 valence electrons. The van der Waals surface area contributed by atoms with Crippen molar-refractivity contribution in [1.29, 1.82) is 0 Å². The lowest BCUT2D eigenvalue weighted by molar-refractivity contribution is 0.521. The maximum absolute atomic E-state index is 5.41. The normalized spacial score (nSPS) is 11.9. The maximum Gasteiger partial charge on any atom is 0.0737 e. The Hall–Kier alpha value is -1.31. The predicted octanol–water partition coefficient (Wildman–Crippen LogP) is 0.338. The second-order valence-corrected chi connectivity index (χ2v) is 2.73. The number of nitrogens with zero attached hydrogens (tertiary/aromatic N) is 2. The fraction of sp³-hybridized carbons (Fsp3) is 0.444. The van der Waals surface area contributed by atoms with Gasteiger partial charge in [0.15, 0.2) is 0 Å². The molecule has 1 aromatic heterocycles. The summed E-state index contributed by atoms with van der Waals surface area (Å²) in [6.45, 7) is 1.82. The summed E-state index contributed by atoms with van der Waals surface area (Å²) in [5.41, 5.74) is 3.76. The molecular weight excluding hydrogens is 164 g/mol. The van der Waals surface area contributed by atoms with Crippen LogP contribution in [-0.2, 0) is 7.05 Å². The number of rotatable bonds is 3. The Kier molecular flexibility index (Phi) is 3.50. The van der Waals surface area contributed by atoms with Gasteiger partial charge in [-0.25, -0.2) is 0 Å². The van der Waals surface area contributed by atoms with E-state index in [-0.39, 0.29) is 6.04 Å². The van der Waals surface area contributed by atoms with Gasteiger partial charge in [-0.3, -0.25) is 16.0 Å². The Bertz CT molecular complexity index is 318. The third-order valence-electron chi connectivity index (χ3n) is 1.90. The van der Waals surface area contributed by atoms with Gasteiger partial charge in [-0.15, -0.1) is 11.8 Å². The Morgan fingerprint density at radius 2 is 2.54 bits per heavy atom. The smallest absolute Gasteiger partial charge is 0.0737 e. The van der Waals surface area contributed by atoms with E-state index in [1.165, 1.54) is 0 Å². The van der Waals surface area contributed by atoms with Crippen LogP contribution in [0.2, 0.25) is 0 Å². The molecule has 1 unspecified atom stereocenters. The van der Waals surface area contributed by atoms with Crippen molar-refractivity contribution in [2.75, 3.05) is 0 Å². The van der Waals surface area contributed by atoms with E-state index in [2.05, 4.69) is 22.4 Å². The van der Waals surface area contributed by atoms with Crippen molar-refractivity contribution >= 4 is 0 Å². The Morgan fingerprint density at radius 3 is 3.00 bits per heavy atom. The highest BCUT2D eigenvalue weighted by Crippen LogP contribution is 2.13. The van der Waals surface area contributed by atoms with Gasteiger partial charge in [0.1, 0.15) is 0 Å². The molecule has 0 aromatic carbocycles. The van der Waals surface area contributed by atoms with Gasteiger partial charge in [0.2, 0.25) is 0 Å². The van der Waals surface area contributed by atoms with Crippen LogP contribution >= 0.6 is 0 Å². The topological polar surface area (TPSA) is 55.9 Å². The largest absolute Gasteiger partial charge is 0.271 e. The van der Waals surface area contributed by atoms with E-state index in [4.69, 9.17) is 5.84 Å². The monoisotopic (exact) mass is 178 g/mol. The quantitative estimate of drug-likeness (QED) is 0.398. The van der Waals surface area contributed by atoms with Crippen LogP contribution < -0.4 is 11.3 Å². The third kappa shape index (κ3) is 2.31. The fourth-order valence-corrected chi connectivity index (χ4v) is 1.18. The molecule has 0 saturated heterocycles. The summed E-state index contributed by atoms with van der Waals surface area (Å²) >= 11 is 0. The molecule has 0 aliphatic rings. The minimum atomic E-state index is 0.0555. The van der Waals surface area contributed by atoms with Crippen molar-refractivity contribution in [2.45, 2.75) is 19.4 Å². The van der Waals surface area contributed by atoms with E-state index in [0.29, 0.717) is 6.42 Å². The fourth-order valence-electron chi connectivity index (χ4n) is 1.18. The van der Waals surface area contributed by atoms with Crippen molar-refractivity contribution in [3.8, 4) is 11.8 Å². The molecule has 1 rings (SSSR count). The van der Waals surface area contributed by atoms with Crippen LogP contribution in [0.1, 0.15) is 25.1 Å². The average Bonchev–Trinajstić information content (AvgIpc) is 2.54. The number of nitrogens with two attached hydrogens (primary N) is 1. The van der Waals surface area contributed by atoms with E-state index in [1.807, 2.05) is 20.0 Å². The first kappa shape index (κ1) is 9.78. The first-order valence-electron chi connectivity index (χ1n) is 4.13. The van der Waals surface area contributed by atoms with E-state index in [0.717, 1.165) is 5.69 Å². The highest BCUT2D eigenvalue weighted by Gasteiger charge is 2.10. The van der Waals surface area contributed by atoms with Crippen molar-refractivity contribution in [2.24, 2.45) is 12.9 Å². The Labute approximate surface area is 78.1 Å². The average molecular weight is 178 g/mol. The maximum atomic E-state index is 5.41. The predicted molar refractivity (Wildman–Crippen MR) is 51.3 cm³/mol. The van der Waals surface area contributed by atoms with Crippen molar-refractivity contribution in [3.63, 3.8) is 0 Å². The summed E-state index contributed by atoms with van der Waals surface area (Å²) in [5.74, 6) is 11.2. The number of aryl methyl sites for hydroxylation is 1. The van der Waals surface area contributed by atoms with Gasteiger partial charge < -0.3 is 0 Å². The minimum absolute atomic E-state index is 0.0555. The summed E-state index contributed by atoms with van der Waals surface area (Å²) in [7, 11) is 1.89. The summed E-state index contributed by atoms with van der Waals surface area (Å²) < 4.78 is 1.79. The van der Waals surface area contributed by atoms with Gasteiger partial charge in [-0.05, 0) is 13.0 Å². The van der Waals surface area contributed by atoms with E-state index < -0.39 is 0 Å². The van der Waals surface area contributed by atoms with Crippen LogP contribution in [0.15, 0.2) is 12.3 Å². The molecule has 0 amide bonds. The van der Waals surface area contributed by atoms with Gasteiger partial charge in [0.05, 0.1) is 11.7 Å². The summed E-state index contributed by atoms with van der Waals surface area (Å²) in [6.07, 6.45) is 2.45. The molecule has 0 saturated carbocycles. The highest BCUT2D eigenvalue weighted by atomic mass is 15.3. The number of hydrazine groups is 1. The van der Waals surface area contributed by atoms with Gasteiger partial charge in [-0.1, -0.05) is 0 Å². The Balaban J connectivity index is 2.76. The number of hydrogen-bond acceptors (Lipinski definition) is 3. The molecule has 0 aliphatic carbocycles. The van der Waals surface area contributed by atoms with Crippen LogP contribution in [0.3, 0.4) is 0 Å². The summed E-state index contributed by atoms with van der Waals surface area (Å²) in [5, 5.41) is 4.07. The number of nitrogens with one attached hydrogen (secondary N) is 1. The molecule has 13 heavy (non-hydrogen) atoms. The zero-order valence-corrected chi connectivity index (χ0v) is 7.91. The molecule has 1 heterocycles. The number of aromatic nitrogens is 2. The molecule has 0 fully saturated rings. The lowest BCUT2D eigenvalue weighted by atomic mass is 10.1. The van der Waals surface area contributed by atoms with E-state index in [9.17, 15) is 0 Å². The molecule has 3 N–H and O–H groups in total.